The Bertz CT molecular complexity index is 1040. The molecule has 0 aliphatic carbocycles. The van der Waals surface area contributed by atoms with Crippen LogP contribution in [-0.4, -0.2) is 78.3 Å². The van der Waals surface area contributed by atoms with Gasteiger partial charge < -0.3 is 33.5 Å². The Morgan fingerprint density at radius 1 is 1.03 bits per heavy atom. The van der Waals surface area contributed by atoms with Crippen LogP contribution in [0.25, 0.3) is 6.08 Å². The first kappa shape index (κ1) is 28.2. The Balaban J connectivity index is 2.58. The highest BCUT2D eigenvalue weighted by atomic mass is 16.7. The van der Waals surface area contributed by atoms with E-state index in [4.69, 9.17) is 28.8 Å². The maximum absolute atomic E-state index is 12.5. The third-order valence-electron chi connectivity index (χ3n) is 4.67. The number of carbonyl (C=O) groups is 4. The average Bonchev–Trinajstić information content (AvgIpc) is 2.80. The average molecular weight is 511 g/mol. The zero-order valence-electron chi connectivity index (χ0n) is 19.8. The Morgan fingerprint density at radius 2 is 1.61 bits per heavy atom. The summed E-state index contributed by atoms with van der Waals surface area (Å²) in [5.41, 5.74) is -0.162. The molecule has 0 spiro atoms. The van der Waals surface area contributed by atoms with Crippen molar-refractivity contribution in [3.63, 3.8) is 0 Å². The molecule has 1 saturated heterocycles. The maximum atomic E-state index is 12.5. The summed E-state index contributed by atoms with van der Waals surface area (Å²) in [6.07, 6.45) is -5.50. The number of nitrogens with zero attached hydrogens (tertiary/aromatic N) is 1. The minimum atomic E-state index is -1.74. The molecule has 5 atom stereocenters. The highest BCUT2D eigenvalue weighted by Gasteiger charge is 2.56. The van der Waals surface area contributed by atoms with E-state index in [1.54, 1.807) is 0 Å². The molecule has 1 heterocycles. The quantitative estimate of drug-likeness (QED) is 0.211. The summed E-state index contributed by atoms with van der Waals surface area (Å²) in [5, 5.41) is 20.6. The summed E-state index contributed by atoms with van der Waals surface area (Å²) in [5.74, 6) is -4.04. The van der Waals surface area contributed by atoms with E-state index in [0.29, 0.717) is 5.56 Å². The first-order valence-electron chi connectivity index (χ1n) is 10.5. The number of carbonyl (C=O) groups excluding carboxylic acids is 4. The fourth-order valence-corrected chi connectivity index (χ4v) is 3.37. The van der Waals surface area contributed by atoms with E-state index < -0.39 is 65.2 Å². The summed E-state index contributed by atoms with van der Waals surface area (Å²) in [6.45, 7) is 2.79. The fourth-order valence-electron chi connectivity index (χ4n) is 3.37. The number of nitro benzene ring substituents is 1. The maximum Gasteiger partial charge on any atom is 0.339 e. The lowest BCUT2D eigenvalue weighted by molar-refractivity contribution is -0.387. The summed E-state index contributed by atoms with van der Waals surface area (Å²) in [7, 11) is 1.02. The van der Waals surface area contributed by atoms with Crippen LogP contribution in [0.2, 0.25) is 0 Å². The number of benzene rings is 1. The largest absolute Gasteiger partial charge is 0.467 e. The van der Waals surface area contributed by atoms with E-state index in [0.717, 1.165) is 33.9 Å². The number of aliphatic hydroxyl groups is 1. The molecule has 1 aliphatic rings. The second kappa shape index (κ2) is 12.6. The lowest BCUT2D eigenvalue weighted by Crippen LogP contribution is -2.64. The fraction of sp³-hybridized carbons (Fsp3) is 0.455. The molecule has 1 aromatic rings. The smallest absolute Gasteiger partial charge is 0.339 e. The molecule has 0 aromatic heterocycles. The van der Waals surface area contributed by atoms with E-state index >= 15 is 0 Å². The first-order chi connectivity index (χ1) is 17.0. The van der Waals surface area contributed by atoms with Gasteiger partial charge in [-0.3, -0.25) is 24.5 Å². The number of hydrogen-bond donors (Lipinski definition) is 1. The van der Waals surface area contributed by atoms with Crippen molar-refractivity contribution < 1.29 is 57.6 Å². The third-order valence-corrected chi connectivity index (χ3v) is 4.67. The van der Waals surface area contributed by atoms with E-state index in [1.165, 1.54) is 24.3 Å². The van der Waals surface area contributed by atoms with Crippen LogP contribution in [0, 0.1) is 10.1 Å². The van der Waals surface area contributed by atoms with Gasteiger partial charge in [0.1, 0.15) is 0 Å². The van der Waals surface area contributed by atoms with Crippen molar-refractivity contribution in [1.29, 1.82) is 0 Å². The van der Waals surface area contributed by atoms with Gasteiger partial charge in [0.2, 0.25) is 12.4 Å². The van der Waals surface area contributed by atoms with Crippen molar-refractivity contribution >= 4 is 35.6 Å². The van der Waals surface area contributed by atoms with Crippen LogP contribution in [0.5, 0.6) is 5.75 Å². The molecule has 0 amide bonds. The summed E-state index contributed by atoms with van der Waals surface area (Å²) < 4.78 is 31.5. The van der Waals surface area contributed by atoms with Crippen molar-refractivity contribution in [2.24, 2.45) is 0 Å². The molecule has 0 saturated carbocycles. The van der Waals surface area contributed by atoms with Crippen LogP contribution in [-0.2, 0) is 42.9 Å². The summed E-state index contributed by atoms with van der Waals surface area (Å²) >= 11 is 0. The Hall–Kier alpha value is -4.04. The molecule has 14 heteroatoms. The summed E-state index contributed by atoms with van der Waals surface area (Å²) in [6, 6.07) is 3.80. The van der Waals surface area contributed by atoms with E-state index in [2.05, 4.69) is 4.74 Å². The lowest BCUT2D eigenvalue weighted by Gasteiger charge is -2.42. The standard InChI is InChI=1S/C22H25NO13/c1-11(25)32-17-18(33-12(2)26)20(34-13(3)27)22(36-19(17)21(28)31-4)35-16-8-7-14(6-5-9-24)10-15(16)23(29)30/h5-8,10,17-20,22,24H,9H2,1-4H3/b6-5+/t17-,18-,19-,20+,22+/m0/s1. The molecule has 0 radical (unpaired) electrons. The zero-order chi connectivity index (χ0) is 27.0. The highest BCUT2D eigenvalue weighted by Crippen LogP contribution is 2.35. The second-order valence-corrected chi connectivity index (χ2v) is 7.36. The molecule has 196 valence electrons. The number of hydrogen-bond acceptors (Lipinski definition) is 13. The van der Waals surface area contributed by atoms with Gasteiger partial charge in [0, 0.05) is 26.8 Å². The van der Waals surface area contributed by atoms with Gasteiger partial charge in [0.25, 0.3) is 0 Å². The monoisotopic (exact) mass is 511 g/mol. The number of methoxy groups -OCH3 is 1. The molecule has 1 aliphatic heterocycles. The van der Waals surface area contributed by atoms with Gasteiger partial charge >= 0.3 is 29.6 Å². The molecular weight excluding hydrogens is 486 g/mol. The number of ether oxygens (including phenoxy) is 6. The van der Waals surface area contributed by atoms with Gasteiger partial charge in [-0.1, -0.05) is 18.2 Å². The molecule has 0 unspecified atom stereocenters. The van der Waals surface area contributed by atoms with Crippen molar-refractivity contribution in [1.82, 2.24) is 0 Å². The normalized spacial score (nSPS) is 23.4. The van der Waals surface area contributed by atoms with Crippen molar-refractivity contribution in [3.8, 4) is 5.75 Å². The minimum absolute atomic E-state index is 0.290. The topological polar surface area (TPSA) is 187 Å². The van der Waals surface area contributed by atoms with Gasteiger partial charge in [-0.25, -0.2) is 4.79 Å². The van der Waals surface area contributed by atoms with Gasteiger partial charge in [-0.2, -0.15) is 0 Å². The predicted octanol–water partition coefficient (Wildman–Crippen LogP) is 0.672. The molecule has 14 nitrogen and oxygen atoms in total. The second-order valence-electron chi connectivity index (χ2n) is 7.36. The van der Waals surface area contributed by atoms with E-state index in [-0.39, 0.29) is 12.4 Å². The van der Waals surface area contributed by atoms with Crippen LogP contribution in [0.1, 0.15) is 26.3 Å². The molecule has 2 rings (SSSR count). The minimum Gasteiger partial charge on any atom is -0.467 e. The Labute approximate surface area is 204 Å². The van der Waals surface area contributed by atoms with Crippen molar-refractivity contribution in [2.45, 2.75) is 51.5 Å². The number of nitro groups is 1. The van der Waals surface area contributed by atoms with Gasteiger partial charge in [-0.05, 0) is 11.6 Å². The van der Waals surface area contributed by atoms with Crippen molar-refractivity contribution in [2.75, 3.05) is 13.7 Å². The first-order valence-corrected chi connectivity index (χ1v) is 10.5. The zero-order valence-corrected chi connectivity index (χ0v) is 19.8. The SMILES string of the molecule is COC(=O)[C@H]1O[C@@H](Oc2ccc(/C=C/CO)cc2[N+](=O)[O-])[C@H](OC(C)=O)[C@@H](OC(C)=O)[C@@H]1OC(C)=O. The van der Waals surface area contributed by atoms with Crippen LogP contribution in [0.3, 0.4) is 0 Å². The van der Waals surface area contributed by atoms with Crippen LogP contribution < -0.4 is 4.74 Å². The van der Waals surface area contributed by atoms with E-state index in [9.17, 15) is 29.3 Å². The molecule has 1 aromatic carbocycles. The number of aliphatic hydroxyl groups excluding tert-OH is 1. The van der Waals surface area contributed by atoms with Crippen LogP contribution in [0.4, 0.5) is 5.69 Å². The Kier molecular flexibility index (Phi) is 9.87. The number of esters is 4. The molecule has 1 N–H and O–H groups in total. The molecule has 36 heavy (non-hydrogen) atoms. The van der Waals surface area contributed by atoms with Gasteiger partial charge in [-0.15, -0.1) is 0 Å². The number of rotatable bonds is 9. The predicted molar refractivity (Wildman–Crippen MR) is 117 cm³/mol. The van der Waals surface area contributed by atoms with Gasteiger partial charge in [0.05, 0.1) is 18.6 Å². The van der Waals surface area contributed by atoms with E-state index in [1.807, 2.05) is 0 Å². The van der Waals surface area contributed by atoms with Gasteiger partial charge in [0.15, 0.2) is 24.1 Å². The molecule has 0 bridgehead atoms. The molecular formula is C22H25NO13. The lowest BCUT2D eigenvalue weighted by atomic mass is 9.97. The van der Waals surface area contributed by atoms with Crippen LogP contribution in [0.15, 0.2) is 24.3 Å². The summed E-state index contributed by atoms with van der Waals surface area (Å²) in [4.78, 5) is 58.8. The van der Waals surface area contributed by atoms with Crippen LogP contribution >= 0.6 is 0 Å². The molecule has 1 fully saturated rings. The Morgan fingerprint density at radius 3 is 2.14 bits per heavy atom. The highest BCUT2D eigenvalue weighted by molar-refractivity contribution is 5.77. The third kappa shape index (κ3) is 7.23. The van der Waals surface area contributed by atoms with Crippen molar-refractivity contribution in [3.05, 3.63) is 40.0 Å².